The third kappa shape index (κ3) is 5.33. The standard InChI is InChI=1S/C12H15F3N2O3S/c1-8(2)17-10(18)5-6-21(19,20)11-4-3-9(7-16-11)12(13,14)15/h3-4,7-8H,5-6H2,1-2H3,(H,17,18). The Hall–Kier alpha value is -1.64. The molecule has 1 aromatic heterocycles. The van der Waals surface area contributed by atoms with Crippen molar-refractivity contribution in [2.24, 2.45) is 0 Å². The number of hydrogen-bond donors (Lipinski definition) is 1. The number of amides is 1. The molecule has 118 valence electrons. The molecule has 0 aliphatic carbocycles. The van der Waals surface area contributed by atoms with E-state index in [0.717, 1.165) is 6.07 Å². The van der Waals surface area contributed by atoms with Gasteiger partial charge in [-0.05, 0) is 26.0 Å². The molecule has 21 heavy (non-hydrogen) atoms. The molecule has 5 nitrogen and oxygen atoms in total. The highest BCUT2D eigenvalue weighted by Gasteiger charge is 2.31. The number of nitrogens with one attached hydrogen (secondary N) is 1. The van der Waals surface area contributed by atoms with Gasteiger partial charge < -0.3 is 5.32 Å². The van der Waals surface area contributed by atoms with E-state index in [0.29, 0.717) is 12.3 Å². The van der Waals surface area contributed by atoms with Crippen molar-refractivity contribution in [1.29, 1.82) is 0 Å². The van der Waals surface area contributed by atoms with Crippen molar-refractivity contribution < 1.29 is 26.4 Å². The summed E-state index contributed by atoms with van der Waals surface area (Å²) in [7, 11) is -3.89. The highest BCUT2D eigenvalue weighted by atomic mass is 32.2. The maximum absolute atomic E-state index is 12.3. The van der Waals surface area contributed by atoms with Crippen molar-refractivity contribution in [3.05, 3.63) is 23.9 Å². The van der Waals surface area contributed by atoms with Crippen LogP contribution in [0.15, 0.2) is 23.4 Å². The summed E-state index contributed by atoms with van der Waals surface area (Å²) in [6.07, 6.45) is -4.39. The quantitative estimate of drug-likeness (QED) is 0.896. The second-order valence-corrected chi connectivity index (χ2v) is 6.73. The number of sulfone groups is 1. The lowest BCUT2D eigenvalue weighted by molar-refractivity contribution is -0.137. The molecule has 0 saturated heterocycles. The molecule has 0 aliphatic rings. The van der Waals surface area contributed by atoms with E-state index in [4.69, 9.17) is 0 Å². The molecule has 1 rings (SSSR count). The molecule has 0 fully saturated rings. The molecule has 1 N–H and O–H groups in total. The highest BCUT2D eigenvalue weighted by Crippen LogP contribution is 2.28. The Labute approximate surface area is 120 Å². The van der Waals surface area contributed by atoms with E-state index in [2.05, 4.69) is 10.3 Å². The largest absolute Gasteiger partial charge is 0.417 e. The first-order valence-corrected chi connectivity index (χ1v) is 7.73. The smallest absolute Gasteiger partial charge is 0.354 e. The fourth-order valence-electron chi connectivity index (χ4n) is 1.46. The molecule has 0 spiro atoms. The van der Waals surface area contributed by atoms with Gasteiger partial charge in [0, 0.05) is 18.7 Å². The van der Waals surface area contributed by atoms with E-state index < -0.39 is 38.3 Å². The van der Waals surface area contributed by atoms with Crippen molar-refractivity contribution in [2.45, 2.75) is 37.5 Å². The molecule has 1 aromatic rings. The van der Waals surface area contributed by atoms with Gasteiger partial charge in [0.1, 0.15) is 0 Å². The van der Waals surface area contributed by atoms with Gasteiger partial charge in [-0.25, -0.2) is 13.4 Å². The van der Waals surface area contributed by atoms with Crippen molar-refractivity contribution in [3.8, 4) is 0 Å². The van der Waals surface area contributed by atoms with E-state index in [-0.39, 0.29) is 12.5 Å². The number of halogens is 3. The number of carbonyl (C=O) groups is 1. The van der Waals surface area contributed by atoms with Crippen LogP contribution in [0.5, 0.6) is 0 Å². The van der Waals surface area contributed by atoms with Gasteiger partial charge in [0.25, 0.3) is 0 Å². The molecule has 9 heteroatoms. The normalized spacial score (nSPS) is 12.5. The highest BCUT2D eigenvalue weighted by molar-refractivity contribution is 7.91. The Morgan fingerprint density at radius 3 is 2.38 bits per heavy atom. The van der Waals surface area contributed by atoms with Gasteiger partial charge in [-0.15, -0.1) is 0 Å². The number of rotatable bonds is 5. The van der Waals surface area contributed by atoms with Crippen molar-refractivity contribution >= 4 is 15.7 Å². The van der Waals surface area contributed by atoms with Gasteiger partial charge in [-0.1, -0.05) is 0 Å². The summed E-state index contributed by atoms with van der Waals surface area (Å²) >= 11 is 0. The van der Waals surface area contributed by atoms with E-state index in [9.17, 15) is 26.4 Å². The summed E-state index contributed by atoms with van der Waals surface area (Å²) in [4.78, 5) is 14.7. The van der Waals surface area contributed by atoms with Crippen LogP contribution < -0.4 is 5.32 Å². The van der Waals surface area contributed by atoms with Gasteiger partial charge >= 0.3 is 6.18 Å². The first kappa shape index (κ1) is 17.4. The zero-order chi connectivity index (χ0) is 16.3. The lowest BCUT2D eigenvalue weighted by atomic mass is 10.3. The predicted molar refractivity (Wildman–Crippen MR) is 69.2 cm³/mol. The second kappa shape index (κ2) is 6.42. The molecular weight excluding hydrogens is 309 g/mol. The Kier molecular flexibility index (Phi) is 5.32. The first-order chi connectivity index (χ1) is 9.52. The van der Waals surface area contributed by atoms with Crippen LogP contribution in [0.1, 0.15) is 25.8 Å². The zero-order valence-electron chi connectivity index (χ0n) is 11.4. The fourth-order valence-corrected chi connectivity index (χ4v) is 2.61. The molecule has 0 atom stereocenters. The molecule has 0 aromatic carbocycles. The van der Waals surface area contributed by atoms with Crippen LogP contribution in [0.4, 0.5) is 13.2 Å². The molecule has 1 heterocycles. The Morgan fingerprint density at radius 1 is 1.33 bits per heavy atom. The molecular formula is C12H15F3N2O3S. The van der Waals surface area contributed by atoms with Crippen LogP contribution in [0.25, 0.3) is 0 Å². The van der Waals surface area contributed by atoms with Crippen LogP contribution in [0, 0.1) is 0 Å². The van der Waals surface area contributed by atoms with E-state index in [1.165, 1.54) is 0 Å². The molecule has 0 saturated carbocycles. The SMILES string of the molecule is CC(C)NC(=O)CCS(=O)(=O)c1ccc(C(F)(F)F)cn1. The summed E-state index contributed by atoms with van der Waals surface area (Å²) in [5, 5.41) is 2.04. The third-order valence-electron chi connectivity index (χ3n) is 2.43. The third-order valence-corrected chi connectivity index (χ3v) is 4.05. The van der Waals surface area contributed by atoms with Gasteiger partial charge in [0.05, 0.1) is 11.3 Å². The molecule has 0 unspecified atom stereocenters. The van der Waals surface area contributed by atoms with Gasteiger partial charge in [-0.3, -0.25) is 4.79 Å². The lowest BCUT2D eigenvalue weighted by Gasteiger charge is -2.09. The van der Waals surface area contributed by atoms with Gasteiger partial charge in [0.15, 0.2) is 14.9 Å². The summed E-state index contributed by atoms with van der Waals surface area (Å²) < 4.78 is 60.8. The Morgan fingerprint density at radius 2 is 1.95 bits per heavy atom. The summed E-state index contributed by atoms with van der Waals surface area (Å²) in [6.45, 7) is 3.45. The van der Waals surface area contributed by atoms with Gasteiger partial charge in [0.2, 0.25) is 5.91 Å². The van der Waals surface area contributed by atoms with Crippen LogP contribution in [0.3, 0.4) is 0 Å². The van der Waals surface area contributed by atoms with Crippen molar-refractivity contribution in [2.75, 3.05) is 5.75 Å². The lowest BCUT2D eigenvalue weighted by Crippen LogP contribution is -2.31. The Balaban J connectivity index is 2.77. The van der Waals surface area contributed by atoms with Crippen LogP contribution in [-0.4, -0.2) is 31.1 Å². The van der Waals surface area contributed by atoms with E-state index in [1.54, 1.807) is 13.8 Å². The van der Waals surface area contributed by atoms with Crippen molar-refractivity contribution in [3.63, 3.8) is 0 Å². The zero-order valence-corrected chi connectivity index (χ0v) is 12.3. The number of alkyl halides is 3. The summed E-state index contributed by atoms with van der Waals surface area (Å²) in [5.41, 5.74) is -1.03. The molecule has 0 aliphatic heterocycles. The minimum atomic E-state index is -4.58. The maximum atomic E-state index is 12.3. The van der Waals surface area contributed by atoms with Crippen LogP contribution >= 0.6 is 0 Å². The van der Waals surface area contributed by atoms with Crippen LogP contribution in [-0.2, 0) is 20.8 Å². The predicted octanol–water partition coefficient (Wildman–Crippen LogP) is 1.79. The minimum absolute atomic E-state index is 0.121. The minimum Gasteiger partial charge on any atom is -0.354 e. The van der Waals surface area contributed by atoms with E-state index >= 15 is 0 Å². The molecule has 0 radical (unpaired) electrons. The average molecular weight is 324 g/mol. The fraction of sp³-hybridized carbons (Fsp3) is 0.500. The average Bonchev–Trinajstić information content (AvgIpc) is 2.35. The van der Waals surface area contributed by atoms with E-state index in [1.807, 2.05) is 0 Å². The molecule has 1 amide bonds. The number of pyridine rings is 1. The number of hydrogen-bond acceptors (Lipinski definition) is 4. The second-order valence-electron chi connectivity index (χ2n) is 4.67. The summed E-state index contributed by atoms with van der Waals surface area (Å²) in [6, 6.07) is 1.32. The first-order valence-electron chi connectivity index (χ1n) is 6.08. The van der Waals surface area contributed by atoms with Crippen molar-refractivity contribution in [1.82, 2.24) is 10.3 Å². The monoisotopic (exact) mass is 324 g/mol. The number of nitrogens with zero attached hydrogens (tertiary/aromatic N) is 1. The van der Waals surface area contributed by atoms with Crippen LogP contribution in [0.2, 0.25) is 0 Å². The number of aromatic nitrogens is 1. The summed E-state index contributed by atoms with van der Waals surface area (Å²) in [5.74, 6) is -0.954. The topological polar surface area (TPSA) is 76.1 Å². The van der Waals surface area contributed by atoms with Gasteiger partial charge in [-0.2, -0.15) is 13.2 Å². The maximum Gasteiger partial charge on any atom is 0.417 e. The number of carbonyl (C=O) groups excluding carboxylic acids is 1. The molecule has 0 bridgehead atoms. The Bertz CT molecular complexity index is 595.